The number of hydrogen-bond donors (Lipinski definition) is 2. The van der Waals surface area contributed by atoms with E-state index in [1.807, 2.05) is 11.8 Å². The number of hydrogen-bond acceptors (Lipinski definition) is 6. The van der Waals surface area contributed by atoms with E-state index >= 15 is 0 Å². The molecule has 0 unspecified atom stereocenters. The molecule has 0 bridgehead atoms. The Labute approximate surface area is 142 Å². The van der Waals surface area contributed by atoms with Crippen LogP contribution in [0.5, 0.6) is 0 Å². The van der Waals surface area contributed by atoms with Crippen LogP contribution < -0.4 is 15.6 Å². The lowest BCUT2D eigenvalue weighted by Crippen LogP contribution is -2.44. The lowest BCUT2D eigenvalue weighted by Gasteiger charge is -2.27. The number of fused-ring (bicyclic) bond motifs is 1. The summed E-state index contributed by atoms with van der Waals surface area (Å²) in [5.41, 5.74) is -0.326. The van der Waals surface area contributed by atoms with Crippen molar-refractivity contribution in [2.75, 3.05) is 31.1 Å². The molecule has 0 aliphatic carbocycles. The van der Waals surface area contributed by atoms with Crippen molar-refractivity contribution in [3.05, 3.63) is 28.2 Å². The van der Waals surface area contributed by atoms with Gasteiger partial charge in [-0.25, -0.2) is 9.78 Å². The number of rotatable bonds is 3. The van der Waals surface area contributed by atoms with Gasteiger partial charge in [0.25, 0.3) is 0 Å². The Morgan fingerprint density at radius 3 is 2.48 bits per heavy atom. The van der Waals surface area contributed by atoms with Crippen molar-refractivity contribution in [3.63, 3.8) is 0 Å². The summed E-state index contributed by atoms with van der Waals surface area (Å²) in [5.74, 6) is -0.668. The van der Waals surface area contributed by atoms with Gasteiger partial charge in [-0.15, -0.1) is 0 Å². The maximum absolute atomic E-state index is 12.2. The number of aryl methyl sites for hydroxylation is 1. The minimum absolute atomic E-state index is 0. The number of anilines is 1. The Balaban J connectivity index is 0.00000192. The van der Waals surface area contributed by atoms with E-state index in [1.54, 1.807) is 4.57 Å². The first-order valence-electron chi connectivity index (χ1n) is 7.21. The van der Waals surface area contributed by atoms with Gasteiger partial charge in [-0.05, 0) is 6.92 Å². The number of carboxylic acids is 1. The summed E-state index contributed by atoms with van der Waals surface area (Å²) in [6.45, 7) is 5.72. The summed E-state index contributed by atoms with van der Waals surface area (Å²) in [7, 11) is 0. The van der Waals surface area contributed by atoms with Gasteiger partial charge < -0.3 is 36.3 Å². The molecule has 2 aromatic heterocycles. The van der Waals surface area contributed by atoms with E-state index in [-0.39, 0.29) is 27.4 Å². The molecule has 0 radical (unpaired) electrons. The zero-order chi connectivity index (χ0) is 15.7. The fraction of sp³-hybridized carbons (Fsp3) is 0.429. The van der Waals surface area contributed by atoms with Gasteiger partial charge in [-0.3, -0.25) is 4.79 Å². The van der Waals surface area contributed by atoms with Gasteiger partial charge in [0.15, 0.2) is 0 Å². The molecule has 3 heterocycles. The van der Waals surface area contributed by atoms with Crippen LogP contribution in [0.3, 0.4) is 0 Å². The summed E-state index contributed by atoms with van der Waals surface area (Å²) in [4.78, 5) is 34.2. The average Bonchev–Trinajstić information content (AvgIpc) is 2.55. The van der Waals surface area contributed by atoms with Gasteiger partial charge in [0, 0.05) is 45.1 Å². The SMILES string of the molecule is CCn1cc(C(=O)O)c(=O)c2cnc(N3CCNCC3)nc21.O.O.O. The molecule has 0 aromatic carbocycles. The predicted octanol–water partition coefficient (Wildman–Crippen LogP) is -2.55. The molecule has 25 heavy (non-hydrogen) atoms. The summed E-state index contributed by atoms with van der Waals surface area (Å²) in [5, 5.41) is 12.6. The number of aromatic carboxylic acids is 1. The molecule has 2 aromatic rings. The standard InChI is InChI=1S/C14H17N5O3.3H2O/c1-2-18-8-10(13(21)22)11(20)9-7-16-14(17-12(9)18)19-5-3-15-4-6-19;;;/h7-8,15H,2-6H2,1H3,(H,21,22);3*1H2. The number of carbonyl (C=O) groups is 1. The summed E-state index contributed by atoms with van der Waals surface area (Å²) >= 11 is 0. The van der Waals surface area contributed by atoms with E-state index in [1.165, 1.54) is 12.4 Å². The van der Waals surface area contributed by atoms with Crippen LogP contribution in [0.2, 0.25) is 0 Å². The molecule has 1 saturated heterocycles. The Bertz CT molecular complexity index is 787. The van der Waals surface area contributed by atoms with E-state index in [9.17, 15) is 9.59 Å². The predicted molar refractivity (Wildman–Crippen MR) is 92.4 cm³/mol. The van der Waals surface area contributed by atoms with Gasteiger partial charge >= 0.3 is 5.97 Å². The van der Waals surface area contributed by atoms with Crippen molar-refractivity contribution in [2.24, 2.45) is 0 Å². The van der Waals surface area contributed by atoms with Crippen LogP contribution in [-0.2, 0) is 6.54 Å². The lowest BCUT2D eigenvalue weighted by atomic mass is 10.2. The Kier molecular flexibility index (Phi) is 8.09. The normalized spacial score (nSPS) is 13.4. The molecule has 1 aliphatic rings. The first-order valence-corrected chi connectivity index (χ1v) is 7.21. The third-order valence-electron chi connectivity index (χ3n) is 3.77. The molecule has 3 rings (SSSR count). The quantitative estimate of drug-likeness (QED) is 0.602. The number of pyridine rings is 1. The van der Waals surface area contributed by atoms with Crippen molar-refractivity contribution in [1.82, 2.24) is 19.9 Å². The van der Waals surface area contributed by atoms with Crippen molar-refractivity contribution in [3.8, 4) is 0 Å². The number of aromatic nitrogens is 3. The Hall–Kier alpha value is -2.60. The summed E-state index contributed by atoms with van der Waals surface area (Å²) in [6.07, 6.45) is 2.78. The molecule has 11 nitrogen and oxygen atoms in total. The zero-order valence-corrected chi connectivity index (χ0v) is 13.7. The first kappa shape index (κ1) is 22.4. The molecule has 1 aliphatic heterocycles. The molecule has 0 saturated carbocycles. The van der Waals surface area contributed by atoms with Crippen LogP contribution in [0.15, 0.2) is 17.2 Å². The molecule has 0 amide bonds. The first-order chi connectivity index (χ1) is 10.6. The van der Waals surface area contributed by atoms with E-state index in [4.69, 9.17) is 5.11 Å². The largest absolute Gasteiger partial charge is 0.477 e. The minimum atomic E-state index is -1.24. The molecule has 0 spiro atoms. The van der Waals surface area contributed by atoms with Crippen molar-refractivity contribution >= 4 is 23.0 Å². The van der Waals surface area contributed by atoms with Gasteiger partial charge in [0.2, 0.25) is 11.4 Å². The second-order valence-electron chi connectivity index (χ2n) is 5.11. The van der Waals surface area contributed by atoms with Crippen LogP contribution in [0, 0.1) is 0 Å². The monoisotopic (exact) mass is 357 g/mol. The van der Waals surface area contributed by atoms with Gasteiger partial charge in [0.1, 0.15) is 11.2 Å². The Morgan fingerprint density at radius 1 is 1.28 bits per heavy atom. The van der Waals surface area contributed by atoms with Gasteiger partial charge in [0.05, 0.1) is 5.39 Å². The van der Waals surface area contributed by atoms with Crippen molar-refractivity contribution in [1.29, 1.82) is 0 Å². The van der Waals surface area contributed by atoms with Crippen molar-refractivity contribution < 1.29 is 26.3 Å². The average molecular weight is 357 g/mol. The third-order valence-corrected chi connectivity index (χ3v) is 3.77. The number of piperazine rings is 1. The molecular weight excluding hydrogens is 334 g/mol. The second-order valence-corrected chi connectivity index (χ2v) is 5.11. The van der Waals surface area contributed by atoms with E-state index in [2.05, 4.69) is 15.3 Å². The van der Waals surface area contributed by atoms with Gasteiger partial charge in [-0.1, -0.05) is 0 Å². The smallest absolute Gasteiger partial charge is 0.341 e. The minimum Gasteiger partial charge on any atom is -0.477 e. The highest BCUT2D eigenvalue weighted by Gasteiger charge is 2.18. The van der Waals surface area contributed by atoms with Crippen LogP contribution in [0.1, 0.15) is 17.3 Å². The summed E-state index contributed by atoms with van der Waals surface area (Å²) < 4.78 is 1.67. The van der Waals surface area contributed by atoms with Crippen molar-refractivity contribution in [2.45, 2.75) is 13.5 Å². The fourth-order valence-electron chi connectivity index (χ4n) is 2.57. The maximum Gasteiger partial charge on any atom is 0.341 e. The Morgan fingerprint density at radius 2 is 1.92 bits per heavy atom. The molecule has 1 fully saturated rings. The van der Waals surface area contributed by atoms with Crippen LogP contribution in [0.25, 0.3) is 11.0 Å². The van der Waals surface area contributed by atoms with Crippen LogP contribution in [0.4, 0.5) is 5.95 Å². The maximum atomic E-state index is 12.2. The fourth-order valence-corrected chi connectivity index (χ4v) is 2.57. The van der Waals surface area contributed by atoms with Crippen LogP contribution in [-0.4, -0.2) is 68.2 Å². The molecular formula is C14H23N5O6. The summed E-state index contributed by atoms with van der Waals surface area (Å²) in [6, 6.07) is 0. The number of carboxylic acid groups (broad SMARTS) is 1. The van der Waals surface area contributed by atoms with Gasteiger partial charge in [-0.2, -0.15) is 4.98 Å². The highest BCUT2D eigenvalue weighted by Crippen LogP contribution is 2.14. The molecule has 0 atom stereocenters. The molecule has 11 heteroatoms. The third kappa shape index (κ3) is 4.09. The van der Waals surface area contributed by atoms with E-state index in [0.29, 0.717) is 18.1 Å². The lowest BCUT2D eigenvalue weighted by molar-refractivity contribution is 0.0695. The van der Waals surface area contributed by atoms with Crippen LogP contribution >= 0.6 is 0 Å². The zero-order valence-electron chi connectivity index (χ0n) is 13.7. The highest BCUT2D eigenvalue weighted by molar-refractivity contribution is 5.91. The molecule has 140 valence electrons. The highest BCUT2D eigenvalue weighted by atomic mass is 16.4. The number of nitrogens with zero attached hydrogens (tertiary/aromatic N) is 4. The van der Waals surface area contributed by atoms with E-state index in [0.717, 1.165) is 26.2 Å². The second kappa shape index (κ2) is 9.03. The van der Waals surface area contributed by atoms with E-state index < -0.39 is 11.4 Å². The number of nitrogens with one attached hydrogen (secondary N) is 1. The molecule has 8 N–H and O–H groups in total. The topological polar surface area (TPSA) is 195 Å².